The van der Waals surface area contributed by atoms with Gasteiger partial charge >= 0.3 is 6.09 Å². The summed E-state index contributed by atoms with van der Waals surface area (Å²) in [5, 5.41) is 14.2. The molecule has 5 rings (SSSR count). The first-order chi connectivity index (χ1) is 15.6. The van der Waals surface area contributed by atoms with Gasteiger partial charge in [0.05, 0.1) is 41.3 Å². The van der Waals surface area contributed by atoms with Crippen molar-refractivity contribution in [2.75, 3.05) is 16.4 Å². The maximum Gasteiger partial charge on any atom is 0.412 e. The van der Waals surface area contributed by atoms with E-state index < -0.39 is 16.7 Å². The van der Waals surface area contributed by atoms with E-state index >= 15 is 0 Å². The molecule has 3 atom stereocenters. The minimum Gasteiger partial charge on any atom is -0.465 e. The molecule has 3 N–H and O–H groups in total. The van der Waals surface area contributed by atoms with Crippen LogP contribution < -0.4 is 4.90 Å². The van der Waals surface area contributed by atoms with E-state index in [1.54, 1.807) is 0 Å². The number of fused-ring (bicyclic) bond motifs is 3. The van der Waals surface area contributed by atoms with Crippen LogP contribution >= 0.6 is 10.6 Å². The quantitative estimate of drug-likeness (QED) is 0.498. The fourth-order valence-electron chi connectivity index (χ4n) is 5.37. The fraction of sp³-hybridized carbons (Fsp3) is 0.522. The predicted molar refractivity (Wildman–Crippen MR) is 130 cm³/mol. The second-order valence-electron chi connectivity index (χ2n) is 9.57. The summed E-state index contributed by atoms with van der Waals surface area (Å²) < 4.78 is 24.8. The van der Waals surface area contributed by atoms with E-state index in [-0.39, 0.29) is 18.0 Å². The molecule has 2 aromatic heterocycles. The summed E-state index contributed by atoms with van der Waals surface area (Å²) in [5.74, 6) is 1.65. The average molecular weight is 474 g/mol. The van der Waals surface area contributed by atoms with Gasteiger partial charge in [0.2, 0.25) is 0 Å². The Balaban J connectivity index is 1.65. The van der Waals surface area contributed by atoms with E-state index in [0.29, 0.717) is 30.2 Å². The van der Waals surface area contributed by atoms with Crippen LogP contribution in [-0.2, 0) is 13.0 Å². The van der Waals surface area contributed by atoms with Gasteiger partial charge < -0.3 is 9.67 Å². The van der Waals surface area contributed by atoms with E-state index in [2.05, 4.69) is 16.6 Å². The number of aryl methyl sites for hydroxylation is 2. The smallest absolute Gasteiger partial charge is 0.412 e. The monoisotopic (exact) mass is 473 g/mol. The molecule has 2 aliphatic rings. The zero-order valence-corrected chi connectivity index (χ0v) is 20.0. The standard InChI is InChI=1S/C23H31N5O4S/c1-14-10-24-26(11-14)12-15(2)22-25-21-18-5-4-16(3)27(23(29)30)19(18)6-7-20(21)28(22)17-8-9-33(31,32)13-17/h6-7,10-11,15-17,31-32H,4-5,8-9,12-13H2,1-3H3,(H,29,30). The molecule has 0 spiro atoms. The Morgan fingerprint density at radius 3 is 2.73 bits per heavy atom. The van der Waals surface area contributed by atoms with Crippen LogP contribution in [0.3, 0.4) is 0 Å². The summed E-state index contributed by atoms with van der Waals surface area (Å²) >= 11 is 0. The number of hydrogen-bond donors (Lipinski definition) is 3. The topological polar surface area (TPSA) is 117 Å². The number of nitrogens with zero attached hydrogens (tertiary/aromatic N) is 5. The largest absolute Gasteiger partial charge is 0.465 e. The van der Waals surface area contributed by atoms with E-state index in [9.17, 15) is 19.0 Å². The van der Waals surface area contributed by atoms with Gasteiger partial charge in [-0.3, -0.25) is 18.7 Å². The van der Waals surface area contributed by atoms with Gasteiger partial charge in [0.15, 0.2) is 0 Å². The van der Waals surface area contributed by atoms with Gasteiger partial charge in [0.1, 0.15) is 5.82 Å². The third-order valence-electron chi connectivity index (χ3n) is 6.95. The van der Waals surface area contributed by atoms with Crippen LogP contribution in [0.1, 0.15) is 55.6 Å². The molecule has 0 radical (unpaired) electrons. The van der Waals surface area contributed by atoms with Gasteiger partial charge in [0.25, 0.3) is 0 Å². The fourth-order valence-corrected chi connectivity index (χ4v) is 7.12. The summed E-state index contributed by atoms with van der Waals surface area (Å²) in [6.07, 6.45) is 5.08. The maximum absolute atomic E-state index is 12.0. The van der Waals surface area contributed by atoms with Gasteiger partial charge in [-0.2, -0.15) is 15.7 Å². The van der Waals surface area contributed by atoms with E-state index in [0.717, 1.165) is 40.8 Å². The third kappa shape index (κ3) is 3.89. The molecule has 33 heavy (non-hydrogen) atoms. The Bertz CT molecular complexity index is 1220. The number of hydrogen-bond acceptors (Lipinski definition) is 5. The van der Waals surface area contributed by atoms with Crippen LogP contribution in [0, 0.1) is 6.92 Å². The molecule has 0 aliphatic carbocycles. The van der Waals surface area contributed by atoms with Crippen LogP contribution in [0.4, 0.5) is 10.5 Å². The molecule has 3 unspecified atom stereocenters. The minimum atomic E-state index is -2.58. The zero-order valence-electron chi connectivity index (χ0n) is 19.2. The van der Waals surface area contributed by atoms with Crippen molar-refractivity contribution >= 4 is 33.4 Å². The Hall–Kier alpha value is -2.56. The molecule has 1 fully saturated rings. The molecule has 9 nitrogen and oxygen atoms in total. The normalized spacial score (nSPS) is 24.1. The van der Waals surface area contributed by atoms with Crippen molar-refractivity contribution in [1.29, 1.82) is 0 Å². The zero-order chi connectivity index (χ0) is 23.5. The number of rotatable bonds is 4. The molecule has 2 aliphatic heterocycles. The maximum atomic E-state index is 12.0. The van der Waals surface area contributed by atoms with Gasteiger partial charge in [-0.1, -0.05) is 6.92 Å². The molecular weight excluding hydrogens is 442 g/mol. The average Bonchev–Trinajstić information content (AvgIpc) is 3.43. The van der Waals surface area contributed by atoms with Crippen molar-refractivity contribution in [1.82, 2.24) is 19.3 Å². The number of carbonyl (C=O) groups is 1. The molecule has 4 heterocycles. The van der Waals surface area contributed by atoms with Crippen molar-refractivity contribution in [3.63, 3.8) is 0 Å². The summed E-state index contributed by atoms with van der Waals surface area (Å²) in [7, 11) is -2.58. The van der Waals surface area contributed by atoms with E-state index in [1.165, 1.54) is 4.90 Å². The van der Waals surface area contributed by atoms with Gasteiger partial charge in [-0.25, -0.2) is 9.78 Å². The molecule has 178 valence electrons. The highest BCUT2D eigenvalue weighted by molar-refractivity contribution is 8.24. The number of carboxylic acid groups (broad SMARTS) is 1. The van der Waals surface area contributed by atoms with Gasteiger partial charge in [-0.15, -0.1) is 0 Å². The van der Waals surface area contributed by atoms with E-state index in [4.69, 9.17) is 4.98 Å². The molecule has 0 saturated carbocycles. The Morgan fingerprint density at radius 2 is 2.09 bits per heavy atom. The summed E-state index contributed by atoms with van der Waals surface area (Å²) in [6.45, 7) is 6.71. The highest BCUT2D eigenvalue weighted by Gasteiger charge is 2.35. The predicted octanol–water partition coefficient (Wildman–Crippen LogP) is 4.86. The third-order valence-corrected chi connectivity index (χ3v) is 8.76. The second kappa shape index (κ2) is 8.03. The molecule has 10 heteroatoms. The summed E-state index contributed by atoms with van der Waals surface area (Å²) in [5.41, 5.74) is 4.52. The lowest BCUT2D eigenvalue weighted by Crippen LogP contribution is -2.41. The number of imidazole rings is 1. The lowest BCUT2D eigenvalue weighted by Gasteiger charge is -2.33. The van der Waals surface area contributed by atoms with Crippen LogP contribution in [-0.4, -0.2) is 57.2 Å². The molecule has 1 saturated heterocycles. The molecule has 1 amide bonds. The Kier molecular flexibility index (Phi) is 5.42. The van der Waals surface area contributed by atoms with Crippen LogP contribution in [0.2, 0.25) is 0 Å². The number of aromatic nitrogens is 4. The SMILES string of the molecule is Cc1cnn(CC(C)c2nc3c4c(ccc3n2C2CCS(O)(O)C2)N(C(=O)O)C(C)CC4)c1. The molecule has 0 bridgehead atoms. The Morgan fingerprint density at radius 1 is 1.30 bits per heavy atom. The van der Waals surface area contributed by atoms with Crippen molar-refractivity contribution in [2.24, 2.45) is 0 Å². The first-order valence-electron chi connectivity index (χ1n) is 11.4. The van der Waals surface area contributed by atoms with Gasteiger partial charge in [0, 0.05) is 29.5 Å². The number of amides is 1. The first kappa shape index (κ1) is 22.2. The highest BCUT2D eigenvalue weighted by atomic mass is 32.3. The molecular formula is C23H31N5O4S. The lowest BCUT2D eigenvalue weighted by atomic mass is 9.95. The first-order valence-corrected chi connectivity index (χ1v) is 13.3. The van der Waals surface area contributed by atoms with Crippen molar-refractivity contribution in [3.8, 4) is 0 Å². The van der Waals surface area contributed by atoms with E-state index in [1.807, 2.05) is 43.1 Å². The number of benzene rings is 1. The molecule has 1 aromatic carbocycles. The van der Waals surface area contributed by atoms with Crippen molar-refractivity contribution < 1.29 is 19.0 Å². The van der Waals surface area contributed by atoms with Crippen molar-refractivity contribution in [3.05, 3.63) is 41.5 Å². The van der Waals surface area contributed by atoms with Crippen LogP contribution in [0.15, 0.2) is 24.5 Å². The van der Waals surface area contributed by atoms with Crippen LogP contribution in [0.25, 0.3) is 11.0 Å². The molecule has 3 aromatic rings. The Labute approximate surface area is 194 Å². The summed E-state index contributed by atoms with van der Waals surface area (Å²) in [6, 6.07) is 3.71. The lowest BCUT2D eigenvalue weighted by molar-refractivity contribution is 0.198. The summed E-state index contributed by atoms with van der Waals surface area (Å²) in [4.78, 5) is 18.5. The van der Waals surface area contributed by atoms with Gasteiger partial charge in [-0.05, 0) is 50.8 Å². The minimum absolute atomic E-state index is 0.0350. The van der Waals surface area contributed by atoms with Crippen LogP contribution in [0.5, 0.6) is 0 Å². The highest BCUT2D eigenvalue weighted by Crippen LogP contribution is 2.51. The number of anilines is 1. The van der Waals surface area contributed by atoms with Crippen molar-refractivity contribution in [2.45, 2.75) is 64.6 Å². The second-order valence-corrected chi connectivity index (χ2v) is 11.9.